The molecule has 0 aromatic carbocycles. The first-order valence-corrected chi connectivity index (χ1v) is 12.1. The Morgan fingerprint density at radius 3 is 2.75 bits per heavy atom. The Morgan fingerprint density at radius 1 is 1.14 bits per heavy atom. The van der Waals surface area contributed by atoms with Crippen LogP contribution >= 0.6 is 0 Å². The summed E-state index contributed by atoms with van der Waals surface area (Å²) in [5.41, 5.74) is 1.63. The van der Waals surface area contributed by atoms with Crippen molar-refractivity contribution in [1.29, 1.82) is 0 Å². The van der Waals surface area contributed by atoms with E-state index in [4.69, 9.17) is 0 Å². The van der Waals surface area contributed by atoms with Gasteiger partial charge in [-0.1, -0.05) is 56.4 Å². The van der Waals surface area contributed by atoms with Crippen LogP contribution in [-0.2, 0) is 0 Å². The molecule has 0 radical (unpaired) electrons. The van der Waals surface area contributed by atoms with Gasteiger partial charge >= 0.3 is 0 Å². The van der Waals surface area contributed by atoms with E-state index in [9.17, 15) is 10.2 Å². The molecule has 0 aromatic rings. The van der Waals surface area contributed by atoms with Crippen molar-refractivity contribution in [2.24, 2.45) is 17.8 Å². The highest BCUT2D eigenvalue weighted by Gasteiger charge is 2.43. The molecular weight excluding hydrogens is 346 g/mol. The van der Waals surface area contributed by atoms with Gasteiger partial charge in [-0.15, -0.1) is 0 Å². The second-order valence-electron chi connectivity index (χ2n) is 9.54. The van der Waals surface area contributed by atoms with Crippen LogP contribution < -0.4 is 0 Å². The summed E-state index contributed by atoms with van der Waals surface area (Å²) >= 11 is 0. The number of hydrogen-bond acceptors (Lipinski definition) is 3. The van der Waals surface area contributed by atoms with Gasteiger partial charge in [-0.2, -0.15) is 0 Å². The number of fused-ring (bicyclic) bond motifs is 1. The highest BCUT2D eigenvalue weighted by molar-refractivity contribution is 5.21. The summed E-state index contributed by atoms with van der Waals surface area (Å²) in [6, 6.07) is 0. The van der Waals surface area contributed by atoms with Crippen LogP contribution in [0.5, 0.6) is 0 Å². The molecule has 5 atom stereocenters. The van der Waals surface area contributed by atoms with Crippen molar-refractivity contribution in [3.05, 3.63) is 23.8 Å². The van der Waals surface area contributed by atoms with Crippen LogP contribution in [0.3, 0.4) is 0 Å². The first-order chi connectivity index (χ1) is 13.7. The van der Waals surface area contributed by atoms with E-state index >= 15 is 0 Å². The van der Waals surface area contributed by atoms with Crippen molar-refractivity contribution < 1.29 is 10.2 Å². The molecular formula is C25H43NO2. The van der Waals surface area contributed by atoms with Crippen LogP contribution in [0.2, 0.25) is 0 Å². The van der Waals surface area contributed by atoms with Gasteiger partial charge in [-0.3, -0.25) is 0 Å². The van der Waals surface area contributed by atoms with Crippen molar-refractivity contribution in [3.8, 4) is 0 Å². The van der Waals surface area contributed by atoms with Crippen LogP contribution in [0.4, 0.5) is 0 Å². The molecule has 0 spiro atoms. The number of aliphatic hydroxyl groups is 2. The lowest BCUT2D eigenvalue weighted by atomic mass is 9.88. The number of likely N-dealkylation sites (tertiary alicyclic amines) is 1. The maximum atomic E-state index is 10.5. The Labute approximate surface area is 172 Å². The van der Waals surface area contributed by atoms with Crippen molar-refractivity contribution >= 4 is 0 Å². The van der Waals surface area contributed by atoms with E-state index in [1.54, 1.807) is 5.57 Å². The van der Waals surface area contributed by atoms with Gasteiger partial charge in [0.1, 0.15) is 0 Å². The van der Waals surface area contributed by atoms with Crippen molar-refractivity contribution in [3.63, 3.8) is 0 Å². The fourth-order valence-corrected chi connectivity index (χ4v) is 5.62. The van der Waals surface area contributed by atoms with E-state index < -0.39 is 0 Å². The van der Waals surface area contributed by atoms with Gasteiger partial charge < -0.3 is 15.1 Å². The summed E-state index contributed by atoms with van der Waals surface area (Å²) in [6.45, 7) is 6.09. The van der Waals surface area contributed by atoms with Crippen LogP contribution in [0.1, 0.15) is 84.0 Å². The standard InChI is InChI=1S/C25H43NO2/c1-2-3-5-11-22(27)12-13-23-24-18-20(17-21(24)19-25(23)28)10-6-9-16-26-14-7-4-8-15-26/h12-13,17,21-25,27-28H,2-11,14-16,18-19H2,1H3/b13-12+/t21-,22-,23+,24-,25+/m0/s1. The lowest BCUT2D eigenvalue weighted by Gasteiger charge is -2.26. The second-order valence-corrected chi connectivity index (χ2v) is 9.54. The van der Waals surface area contributed by atoms with Gasteiger partial charge in [0.05, 0.1) is 12.2 Å². The third kappa shape index (κ3) is 6.43. The predicted molar refractivity (Wildman–Crippen MR) is 117 cm³/mol. The molecule has 3 aliphatic rings. The van der Waals surface area contributed by atoms with Gasteiger partial charge in [0.15, 0.2) is 0 Å². The average molecular weight is 390 g/mol. The Bertz CT molecular complexity index is 509. The molecule has 2 N–H and O–H groups in total. The third-order valence-corrected chi connectivity index (χ3v) is 7.28. The van der Waals surface area contributed by atoms with Crippen molar-refractivity contribution in [1.82, 2.24) is 4.90 Å². The van der Waals surface area contributed by atoms with Crippen molar-refractivity contribution in [2.45, 2.75) is 96.2 Å². The topological polar surface area (TPSA) is 43.7 Å². The Balaban J connectivity index is 1.38. The minimum absolute atomic E-state index is 0.230. The fraction of sp³-hybridized carbons (Fsp3) is 0.840. The monoisotopic (exact) mass is 389 g/mol. The predicted octanol–water partition coefficient (Wildman–Crippen LogP) is 5.08. The molecule has 0 bridgehead atoms. The second kappa shape index (κ2) is 11.5. The molecule has 0 unspecified atom stereocenters. The molecule has 160 valence electrons. The molecule has 1 heterocycles. The van der Waals surface area contributed by atoms with E-state index in [2.05, 4.69) is 24.0 Å². The highest BCUT2D eigenvalue weighted by Crippen LogP contribution is 2.48. The van der Waals surface area contributed by atoms with Crippen LogP contribution in [-0.4, -0.2) is 47.0 Å². The van der Waals surface area contributed by atoms with E-state index in [0.717, 1.165) is 25.7 Å². The van der Waals surface area contributed by atoms with Gasteiger partial charge in [-0.25, -0.2) is 0 Å². The van der Waals surface area contributed by atoms with Crippen LogP contribution in [0.15, 0.2) is 23.8 Å². The van der Waals surface area contributed by atoms with Gasteiger partial charge in [-0.05, 0) is 82.8 Å². The molecule has 0 aromatic heterocycles. The normalized spacial score (nSPS) is 32.0. The summed E-state index contributed by atoms with van der Waals surface area (Å²) in [5.74, 6) is 1.35. The summed E-state index contributed by atoms with van der Waals surface area (Å²) in [7, 11) is 0. The summed E-state index contributed by atoms with van der Waals surface area (Å²) in [6.07, 6.45) is 20.5. The summed E-state index contributed by atoms with van der Waals surface area (Å²) in [5, 5.41) is 20.7. The first kappa shape index (κ1) is 22.1. The molecule has 1 aliphatic heterocycles. The lowest BCUT2D eigenvalue weighted by molar-refractivity contribution is 0.139. The summed E-state index contributed by atoms with van der Waals surface area (Å²) < 4.78 is 0. The number of aliphatic hydroxyl groups excluding tert-OH is 2. The maximum Gasteiger partial charge on any atom is 0.0721 e. The molecule has 3 heteroatoms. The molecule has 1 saturated carbocycles. The molecule has 3 rings (SSSR count). The number of rotatable bonds is 11. The fourth-order valence-electron chi connectivity index (χ4n) is 5.62. The summed E-state index contributed by atoms with van der Waals surface area (Å²) in [4.78, 5) is 2.64. The van der Waals surface area contributed by atoms with E-state index in [-0.39, 0.29) is 18.1 Å². The quantitative estimate of drug-likeness (QED) is 0.382. The molecule has 0 amide bonds. The largest absolute Gasteiger partial charge is 0.392 e. The minimum Gasteiger partial charge on any atom is -0.392 e. The number of hydrogen-bond donors (Lipinski definition) is 2. The molecule has 2 aliphatic carbocycles. The van der Waals surface area contributed by atoms with E-state index in [0.29, 0.717) is 11.8 Å². The number of allylic oxidation sites excluding steroid dienone is 2. The average Bonchev–Trinajstić information content (AvgIpc) is 3.21. The van der Waals surface area contributed by atoms with E-state index in [1.807, 2.05) is 6.08 Å². The minimum atomic E-state index is -0.346. The van der Waals surface area contributed by atoms with E-state index in [1.165, 1.54) is 71.0 Å². The number of piperidine rings is 1. The maximum absolute atomic E-state index is 10.5. The van der Waals surface area contributed by atoms with Gasteiger partial charge in [0.25, 0.3) is 0 Å². The Kier molecular flexibility index (Phi) is 9.07. The van der Waals surface area contributed by atoms with Gasteiger partial charge in [0.2, 0.25) is 0 Å². The third-order valence-electron chi connectivity index (χ3n) is 7.28. The highest BCUT2D eigenvalue weighted by atomic mass is 16.3. The Hall–Kier alpha value is -0.640. The number of unbranched alkanes of at least 4 members (excludes halogenated alkanes) is 3. The zero-order chi connectivity index (χ0) is 19.8. The first-order valence-electron chi connectivity index (χ1n) is 12.1. The molecule has 28 heavy (non-hydrogen) atoms. The SMILES string of the molecule is CCCCC[C@H](O)/C=C/[C@@H]1[C@H]2CC(CCCCN3CCCCC3)=C[C@H]2C[C@H]1O. The molecule has 3 nitrogen and oxygen atoms in total. The number of nitrogens with zero attached hydrogens (tertiary/aromatic N) is 1. The smallest absolute Gasteiger partial charge is 0.0721 e. The zero-order valence-corrected chi connectivity index (χ0v) is 18.1. The van der Waals surface area contributed by atoms with Gasteiger partial charge in [0, 0.05) is 5.92 Å². The lowest BCUT2D eigenvalue weighted by Crippen LogP contribution is -2.30. The van der Waals surface area contributed by atoms with Crippen LogP contribution in [0, 0.1) is 17.8 Å². The zero-order valence-electron chi connectivity index (χ0n) is 18.1. The van der Waals surface area contributed by atoms with Crippen LogP contribution in [0.25, 0.3) is 0 Å². The van der Waals surface area contributed by atoms with Crippen molar-refractivity contribution in [2.75, 3.05) is 19.6 Å². The molecule has 1 saturated heterocycles. The molecule has 2 fully saturated rings. The Morgan fingerprint density at radius 2 is 1.96 bits per heavy atom.